The molecule has 6 nitrogen and oxygen atoms in total. The monoisotopic (exact) mass is 340 g/mol. The zero-order chi connectivity index (χ0) is 18.1. The van der Waals surface area contributed by atoms with Gasteiger partial charge in [0.25, 0.3) is 11.8 Å². The fraction of sp³-hybridized carbons (Fsp3) is 0.368. The summed E-state index contributed by atoms with van der Waals surface area (Å²) in [4.78, 5) is 34.4. The Kier molecular flexibility index (Phi) is 7.07. The van der Waals surface area contributed by atoms with Crippen LogP contribution in [-0.2, 0) is 6.42 Å². The van der Waals surface area contributed by atoms with E-state index in [1.807, 2.05) is 12.1 Å². The van der Waals surface area contributed by atoms with Crippen LogP contribution in [0.5, 0.6) is 0 Å². The van der Waals surface area contributed by atoms with Gasteiger partial charge < -0.3 is 10.2 Å². The van der Waals surface area contributed by atoms with Crippen molar-refractivity contribution in [3.63, 3.8) is 0 Å². The van der Waals surface area contributed by atoms with Crippen molar-refractivity contribution in [3.05, 3.63) is 59.7 Å². The quantitative estimate of drug-likeness (QED) is 0.748. The Balaban J connectivity index is 1.96. The molecule has 0 fully saturated rings. The number of hydrogen-bond donors (Lipinski definition) is 1. The molecular formula is C19H24N4O2. The van der Waals surface area contributed by atoms with Crippen LogP contribution >= 0.6 is 0 Å². The summed E-state index contributed by atoms with van der Waals surface area (Å²) in [5.74, 6) is -0.445. The van der Waals surface area contributed by atoms with Gasteiger partial charge in [-0.15, -0.1) is 0 Å². The molecular weight excluding hydrogens is 316 g/mol. The zero-order valence-electron chi connectivity index (χ0n) is 14.7. The van der Waals surface area contributed by atoms with Crippen LogP contribution in [0.2, 0.25) is 0 Å². The van der Waals surface area contributed by atoms with Gasteiger partial charge in [0.15, 0.2) is 0 Å². The summed E-state index contributed by atoms with van der Waals surface area (Å²) in [7, 11) is 1.74. The van der Waals surface area contributed by atoms with Gasteiger partial charge in [0.05, 0.1) is 0 Å². The zero-order valence-corrected chi connectivity index (χ0v) is 14.7. The number of carbonyl (C=O) groups is 2. The van der Waals surface area contributed by atoms with Gasteiger partial charge in [-0.25, -0.2) is 4.98 Å². The highest BCUT2D eigenvalue weighted by molar-refractivity contribution is 5.96. The molecule has 0 atom stereocenters. The summed E-state index contributed by atoms with van der Waals surface area (Å²) in [6, 6.07) is 8.80. The predicted molar refractivity (Wildman–Crippen MR) is 96.4 cm³/mol. The summed E-state index contributed by atoms with van der Waals surface area (Å²) >= 11 is 0. The minimum absolute atomic E-state index is 0.197. The molecule has 0 radical (unpaired) electrons. The van der Waals surface area contributed by atoms with Crippen LogP contribution in [0.1, 0.15) is 46.3 Å². The highest BCUT2D eigenvalue weighted by Gasteiger charge is 2.15. The van der Waals surface area contributed by atoms with E-state index in [9.17, 15) is 9.59 Å². The summed E-state index contributed by atoms with van der Waals surface area (Å²) in [6.07, 6.45) is 6.14. The van der Waals surface area contributed by atoms with E-state index in [4.69, 9.17) is 0 Å². The first-order valence-electron chi connectivity index (χ1n) is 8.51. The average Bonchev–Trinajstić information content (AvgIpc) is 2.66. The number of amides is 2. The number of hydrogen-bond acceptors (Lipinski definition) is 4. The Hall–Kier alpha value is -2.76. The van der Waals surface area contributed by atoms with E-state index >= 15 is 0 Å². The molecule has 2 amide bonds. The number of pyridine rings is 2. The van der Waals surface area contributed by atoms with E-state index in [1.54, 1.807) is 42.5 Å². The molecule has 2 aromatic heterocycles. The molecule has 0 aromatic carbocycles. The summed E-state index contributed by atoms with van der Waals surface area (Å²) in [5, 5.41) is 2.81. The molecule has 0 saturated heterocycles. The van der Waals surface area contributed by atoms with Crippen LogP contribution in [0.4, 0.5) is 0 Å². The smallest absolute Gasteiger partial charge is 0.272 e. The van der Waals surface area contributed by atoms with E-state index < -0.39 is 0 Å². The van der Waals surface area contributed by atoms with E-state index in [1.165, 1.54) is 0 Å². The predicted octanol–water partition coefficient (Wildman–Crippen LogP) is 2.32. The number of likely N-dealkylation sites (N-methyl/N-ethyl adjacent to an activating group) is 1. The number of unbranched alkanes of at least 4 members (excludes halogenated alkanes) is 1. The molecule has 2 aromatic rings. The molecule has 0 aliphatic rings. The Morgan fingerprint density at radius 2 is 1.84 bits per heavy atom. The molecule has 25 heavy (non-hydrogen) atoms. The second-order valence-corrected chi connectivity index (χ2v) is 5.85. The third-order valence-corrected chi connectivity index (χ3v) is 3.85. The third kappa shape index (κ3) is 5.67. The van der Waals surface area contributed by atoms with Gasteiger partial charge in [-0.05, 0) is 42.7 Å². The first-order chi connectivity index (χ1) is 12.1. The number of aromatic nitrogens is 2. The number of nitrogens with one attached hydrogen (secondary N) is 1. The molecule has 0 spiro atoms. The molecule has 0 aliphatic carbocycles. The molecule has 1 N–H and O–H groups in total. The molecule has 0 saturated carbocycles. The fourth-order valence-electron chi connectivity index (χ4n) is 2.29. The molecule has 2 heterocycles. The van der Waals surface area contributed by atoms with Crippen LogP contribution in [0, 0.1) is 0 Å². The SMILES string of the molecule is CCCCNC(=O)c1cccc(C(=O)N(C)CCc2ccncc2)n1. The summed E-state index contributed by atoms with van der Waals surface area (Å²) in [6.45, 7) is 3.24. The van der Waals surface area contributed by atoms with E-state index in [-0.39, 0.29) is 23.2 Å². The van der Waals surface area contributed by atoms with Crippen molar-refractivity contribution in [1.82, 2.24) is 20.2 Å². The Morgan fingerprint density at radius 3 is 2.56 bits per heavy atom. The first kappa shape index (κ1) is 18.6. The Morgan fingerprint density at radius 1 is 1.12 bits per heavy atom. The van der Waals surface area contributed by atoms with Crippen LogP contribution in [0.25, 0.3) is 0 Å². The van der Waals surface area contributed by atoms with E-state index in [0.29, 0.717) is 13.1 Å². The standard InChI is InChI=1S/C19H24N4O2/c1-3-4-11-21-18(24)16-6-5-7-17(22-16)19(25)23(2)14-10-15-8-12-20-13-9-15/h5-9,12-13H,3-4,10-11,14H2,1-2H3,(H,21,24). The maximum Gasteiger partial charge on any atom is 0.272 e. The van der Waals surface area contributed by atoms with Gasteiger partial charge in [0, 0.05) is 32.5 Å². The van der Waals surface area contributed by atoms with Crippen LogP contribution in [0.15, 0.2) is 42.7 Å². The lowest BCUT2D eigenvalue weighted by atomic mass is 10.2. The van der Waals surface area contributed by atoms with Gasteiger partial charge in [0.1, 0.15) is 11.4 Å². The second kappa shape index (κ2) is 9.52. The maximum atomic E-state index is 12.5. The van der Waals surface area contributed by atoms with Gasteiger partial charge >= 0.3 is 0 Å². The summed E-state index contributed by atoms with van der Waals surface area (Å²) < 4.78 is 0. The van der Waals surface area contributed by atoms with Crippen LogP contribution in [0.3, 0.4) is 0 Å². The number of rotatable bonds is 8. The van der Waals surface area contributed by atoms with Crippen molar-refractivity contribution >= 4 is 11.8 Å². The Bertz CT molecular complexity index is 704. The average molecular weight is 340 g/mol. The van der Waals surface area contributed by atoms with Crippen LogP contribution < -0.4 is 5.32 Å². The van der Waals surface area contributed by atoms with Gasteiger partial charge in [-0.2, -0.15) is 0 Å². The van der Waals surface area contributed by atoms with Crippen LogP contribution in [-0.4, -0.2) is 46.8 Å². The molecule has 0 bridgehead atoms. The number of nitrogens with zero attached hydrogens (tertiary/aromatic N) is 3. The van der Waals surface area contributed by atoms with Crippen molar-refractivity contribution in [1.29, 1.82) is 0 Å². The topological polar surface area (TPSA) is 75.2 Å². The normalized spacial score (nSPS) is 10.3. The molecule has 132 valence electrons. The lowest BCUT2D eigenvalue weighted by Gasteiger charge is -2.17. The van der Waals surface area contributed by atoms with Crippen molar-refractivity contribution in [2.24, 2.45) is 0 Å². The maximum absolute atomic E-state index is 12.5. The first-order valence-corrected chi connectivity index (χ1v) is 8.51. The number of carbonyl (C=O) groups excluding carboxylic acids is 2. The van der Waals surface area contributed by atoms with Gasteiger partial charge in [0.2, 0.25) is 0 Å². The highest BCUT2D eigenvalue weighted by Crippen LogP contribution is 2.05. The van der Waals surface area contributed by atoms with Crippen molar-refractivity contribution in [2.75, 3.05) is 20.1 Å². The summed E-state index contributed by atoms with van der Waals surface area (Å²) in [5.41, 5.74) is 1.66. The van der Waals surface area contributed by atoms with E-state index in [2.05, 4.69) is 22.2 Å². The lowest BCUT2D eigenvalue weighted by Crippen LogP contribution is -2.31. The molecule has 0 aliphatic heterocycles. The van der Waals surface area contributed by atoms with Crippen molar-refractivity contribution in [3.8, 4) is 0 Å². The minimum atomic E-state index is -0.248. The Labute approximate surface area is 148 Å². The second-order valence-electron chi connectivity index (χ2n) is 5.85. The lowest BCUT2D eigenvalue weighted by molar-refractivity contribution is 0.0790. The molecule has 6 heteroatoms. The van der Waals surface area contributed by atoms with Gasteiger partial charge in [-0.1, -0.05) is 19.4 Å². The molecule has 0 unspecified atom stereocenters. The van der Waals surface area contributed by atoms with Gasteiger partial charge in [-0.3, -0.25) is 14.6 Å². The molecule has 2 rings (SSSR count). The highest BCUT2D eigenvalue weighted by atomic mass is 16.2. The largest absolute Gasteiger partial charge is 0.351 e. The van der Waals surface area contributed by atoms with E-state index in [0.717, 1.165) is 24.8 Å². The third-order valence-electron chi connectivity index (χ3n) is 3.85. The van der Waals surface area contributed by atoms with Crippen molar-refractivity contribution in [2.45, 2.75) is 26.2 Å². The van der Waals surface area contributed by atoms with Crippen molar-refractivity contribution < 1.29 is 9.59 Å². The fourth-order valence-corrected chi connectivity index (χ4v) is 2.29. The minimum Gasteiger partial charge on any atom is -0.351 e.